The summed E-state index contributed by atoms with van der Waals surface area (Å²) in [5, 5.41) is 0. The van der Waals surface area contributed by atoms with E-state index in [-0.39, 0.29) is 0 Å². The van der Waals surface area contributed by atoms with Crippen LogP contribution in [-0.2, 0) is 4.79 Å². The first-order valence-corrected chi connectivity index (χ1v) is 4.11. The summed E-state index contributed by atoms with van der Waals surface area (Å²) in [5.74, 6) is 0.601. The third-order valence-corrected chi connectivity index (χ3v) is 2.03. The zero-order valence-electron chi connectivity index (χ0n) is 6.92. The highest BCUT2D eigenvalue weighted by molar-refractivity contribution is 5.49. The lowest BCUT2D eigenvalue weighted by Gasteiger charge is -2.12. The van der Waals surface area contributed by atoms with E-state index in [1.807, 2.05) is 0 Å². The third kappa shape index (κ3) is 2.71. The lowest BCUT2D eigenvalue weighted by atomic mass is 9.93. The molecule has 1 atom stereocenters. The van der Waals surface area contributed by atoms with Crippen LogP contribution in [0.15, 0.2) is 23.8 Å². The normalized spacial score (nSPS) is 23.0. The number of rotatable bonds is 3. The van der Waals surface area contributed by atoms with Crippen LogP contribution in [0.4, 0.5) is 0 Å². The van der Waals surface area contributed by atoms with Crippen LogP contribution in [0.25, 0.3) is 0 Å². The molecule has 1 unspecified atom stereocenters. The average molecular weight is 150 g/mol. The molecule has 0 fully saturated rings. The Labute approximate surface area is 67.8 Å². The van der Waals surface area contributed by atoms with Crippen molar-refractivity contribution in [1.82, 2.24) is 0 Å². The molecule has 1 aliphatic carbocycles. The van der Waals surface area contributed by atoms with Crippen LogP contribution in [0.5, 0.6) is 0 Å². The molecule has 0 aromatic heterocycles. The molecule has 1 heteroatoms. The SMILES string of the molecule is CC1=CCC(CCC=O)C=C1. The van der Waals surface area contributed by atoms with Gasteiger partial charge >= 0.3 is 0 Å². The van der Waals surface area contributed by atoms with E-state index in [0.717, 1.165) is 19.1 Å². The highest BCUT2D eigenvalue weighted by Crippen LogP contribution is 2.19. The molecule has 11 heavy (non-hydrogen) atoms. The molecular formula is C10H14O. The molecule has 0 saturated heterocycles. The minimum absolute atomic E-state index is 0.601. The van der Waals surface area contributed by atoms with E-state index in [1.54, 1.807) is 0 Å². The summed E-state index contributed by atoms with van der Waals surface area (Å²) in [5.41, 5.74) is 1.34. The molecule has 0 aromatic rings. The first-order chi connectivity index (χ1) is 5.33. The quantitative estimate of drug-likeness (QED) is 0.565. The average Bonchev–Trinajstić information content (AvgIpc) is 2.04. The highest BCUT2D eigenvalue weighted by atomic mass is 16.1. The van der Waals surface area contributed by atoms with Gasteiger partial charge in [0.15, 0.2) is 0 Å². The smallest absolute Gasteiger partial charge is 0.120 e. The van der Waals surface area contributed by atoms with Gasteiger partial charge in [-0.15, -0.1) is 0 Å². The summed E-state index contributed by atoms with van der Waals surface area (Å²) in [6.07, 6.45) is 10.4. The van der Waals surface area contributed by atoms with Crippen molar-refractivity contribution in [2.45, 2.75) is 26.2 Å². The Bertz CT molecular complexity index is 189. The molecule has 0 bridgehead atoms. The van der Waals surface area contributed by atoms with E-state index in [9.17, 15) is 4.79 Å². The highest BCUT2D eigenvalue weighted by Gasteiger charge is 2.05. The minimum Gasteiger partial charge on any atom is -0.303 e. The lowest BCUT2D eigenvalue weighted by molar-refractivity contribution is -0.108. The van der Waals surface area contributed by atoms with Gasteiger partial charge in [0.25, 0.3) is 0 Å². The maximum atomic E-state index is 10.1. The maximum Gasteiger partial charge on any atom is 0.120 e. The molecule has 1 aliphatic rings. The largest absolute Gasteiger partial charge is 0.303 e. The summed E-state index contributed by atoms with van der Waals surface area (Å²) in [6, 6.07) is 0. The van der Waals surface area contributed by atoms with Gasteiger partial charge in [0, 0.05) is 6.42 Å². The standard InChI is InChI=1S/C10H14O/c1-9-4-6-10(7-5-9)3-2-8-11/h4-6,8,10H,2-3,7H2,1H3. The Morgan fingerprint density at radius 3 is 3.09 bits per heavy atom. The molecule has 0 N–H and O–H groups in total. The van der Waals surface area contributed by atoms with Crippen molar-refractivity contribution in [2.24, 2.45) is 5.92 Å². The zero-order chi connectivity index (χ0) is 8.10. The Kier molecular flexibility index (Phi) is 3.09. The minimum atomic E-state index is 0.601. The van der Waals surface area contributed by atoms with E-state index in [4.69, 9.17) is 0 Å². The van der Waals surface area contributed by atoms with Gasteiger partial charge in [0.2, 0.25) is 0 Å². The fourth-order valence-electron chi connectivity index (χ4n) is 1.27. The fraction of sp³-hybridized carbons (Fsp3) is 0.500. The summed E-state index contributed by atoms with van der Waals surface area (Å²) >= 11 is 0. The van der Waals surface area contributed by atoms with Gasteiger partial charge in [0.1, 0.15) is 6.29 Å². The van der Waals surface area contributed by atoms with Crippen LogP contribution in [0.2, 0.25) is 0 Å². The molecule has 1 nitrogen and oxygen atoms in total. The predicted octanol–water partition coefficient (Wildman–Crippen LogP) is 2.49. The van der Waals surface area contributed by atoms with E-state index in [0.29, 0.717) is 12.3 Å². The van der Waals surface area contributed by atoms with Crippen molar-refractivity contribution in [3.63, 3.8) is 0 Å². The zero-order valence-corrected chi connectivity index (χ0v) is 6.92. The van der Waals surface area contributed by atoms with Crippen molar-refractivity contribution in [1.29, 1.82) is 0 Å². The van der Waals surface area contributed by atoms with E-state index in [2.05, 4.69) is 25.2 Å². The first-order valence-electron chi connectivity index (χ1n) is 4.11. The monoisotopic (exact) mass is 150 g/mol. The van der Waals surface area contributed by atoms with Crippen LogP contribution < -0.4 is 0 Å². The number of carbonyl (C=O) groups excluding carboxylic acids is 1. The molecule has 0 aromatic carbocycles. The molecular weight excluding hydrogens is 136 g/mol. The van der Waals surface area contributed by atoms with Crippen molar-refractivity contribution < 1.29 is 4.79 Å². The molecule has 60 valence electrons. The van der Waals surface area contributed by atoms with Crippen molar-refractivity contribution in [3.05, 3.63) is 23.8 Å². The van der Waals surface area contributed by atoms with E-state index in [1.165, 1.54) is 5.57 Å². The number of aldehydes is 1. The van der Waals surface area contributed by atoms with E-state index >= 15 is 0 Å². The number of carbonyl (C=O) groups is 1. The molecule has 0 radical (unpaired) electrons. The second-order valence-electron chi connectivity index (χ2n) is 3.05. The number of hydrogen-bond acceptors (Lipinski definition) is 1. The van der Waals surface area contributed by atoms with Gasteiger partial charge < -0.3 is 4.79 Å². The van der Waals surface area contributed by atoms with Crippen LogP contribution in [0.3, 0.4) is 0 Å². The second kappa shape index (κ2) is 4.12. The molecule has 0 aliphatic heterocycles. The third-order valence-electron chi connectivity index (χ3n) is 2.03. The lowest BCUT2D eigenvalue weighted by Crippen LogP contribution is -1.99. The maximum absolute atomic E-state index is 10.1. The van der Waals surface area contributed by atoms with Gasteiger partial charge in [-0.3, -0.25) is 0 Å². The second-order valence-corrected chi connectivity index (χ2v) is 3.05. The van der Waals surface area contributed by atoms with Crippen molar-refractivity contribution in [3.8, 4) is 0 Å². The Morgan fingerprint density at radius 2 is 2.55 bits per heavy atom. The number of hydrogen-bond donors (Lipinski definition) is 0. The summed E-state index contributed by atoms with van der Waals surface area (Å²) < 4.78 is 0. The van der Waals surface area contributed by atoms with Gasteiger partial charge in [-0.1, -0.05) is 23.8 Å². The Morgan fingerprint density at radius 1 is 1.73 bits per heavy atom. The Hall–Kier alpha value is -0.850. The van der Waals surface area contributed by atoms with Crippen LogP contribution >= 0.6 is 0 Å². The van der Waals surface area contributed by atoms with E-state index < -0.39 is 0 Å². The van der Waals surface area contributed by atoms with Crippen LogP contribution in [-0.4, -0.2) is 6.29 Å². The predicted molar refractivity (Wildman–Crippen MR) is 46.3 cm³/mol. The summed E-state index contributed by atoms with van der Waals surface area (Å²) in [7, 11) is 0. The number of allylic oxidation sites excluding steroid dienone is 4. The summed E-state index contributed by atoms with van der Waals surface area (Å²) in [4.78, 5) is 10.1. The summed E-state index contributed by atoms with van der Waals surface area (Å²) in [6.45, 7) is 2.10. The van der Waals surface area contributed by atoms with Gasteiger partial charge in [-0.25, -0.2) is 0 Å². The molecule has 0 heterocycles. The molecule has 0 amide bonds. The van der Waals surface area contributed by atoms with Gasteiger partial charge in [-0.2, -0.15) is 0 Å². The molecule has 0 saturated carbocycles. The molecule has 1 rings (SSSR count). The molecule has 0 spiro atoms. The van der Waals surface area contributed by atoms with Crippen LogP contribution in [0, 0.1) is 5.92 Å². The van der Waals surface area contributed by atoms with Gasteiger partial charge in [0.05, 0.1) is 0 Å². The Balaban J connectivity index is 2.31. The van der Waals surface area contributed by atoms with Crippen molar-refractivity contribution >= 4 is 6.29 Å². The first kappa shape index (κ1) is 8.25. The van der Waals surface area contributed by atoms with Crippen LogP contribution in [0.1, 0.15) is 26.2 Å². The topological polar surface area (TPSA) is 17.1 Å². The van der Waals surface area contributed by atoms with Gasteiger partial charge in [-0.05, 0) is 25.7 Å². The fourth-order valence-corrected chi connectivity index (χ4v) is 1.27. The van der Waals surface area contributed by atoms with Crippen molar-refractivity contribution in [2.75, 3.05) is 0 Å².